The molecule has 3 aromatic rings. The number of aliphatic hydroxyl groups is 2. The van der Waals surface area contributed by atoms with Gasteiger partial charge in [-0.1, -0.05) is 0 Å². The zero-order valence-electron chi connectivity index (χ0n) is 17.5. The molecule has 30 heavy (non-hydrogen) atoms. The van der Waals surface area contributed by atoms with Gasteiger partial charge in [-0.25, -0.2) is 4.79 Å². The van der Waals surface area contributed by atoms with Crippen molar-refractivity contribution in [1.29, 1.82) is 0 Å². The van der Waals surface area contributed by atoms with Crippen molar-refractivity contribution in [3.63, 3.8) is 0 Å². The molecule has 8 nitrogen and oxygen atoms in total. The number of carbonyl (C=O) groups is 1. The van der Waals surface area contributed by atoms with Crippen LogP contribution in [0.1, 0.15) is 22.3 Å². The number of fused-ring (bicyclic) bond motifs is 2. The summed E-state index contributed by atoms with van der Waals surface area (Å²) in [5, 5.41) is 19.7. The van der Waals surface area contributed by atoms with Crippen molar-refractivity contribution in [1.82, 2.24) is 4.90 Å². The highest BCUT2D eigenvalue weighted by atomic mass is 16.5. The largest absolute Gasteiger partial charge is 0.464 e. The molecule has 0 aliphatic carbocycles. The molecule has 0 spiro atoms. The second-order valence-electron chi connectivity index (χ2n) is 7.35. The van der Waals surface area contributed by atoms with Gasteiger partial charge >= 0.3 is 11.6 Å². The van der Waals surface area contributed by atoms with Gasteiger partial charge < -0.3 is 23.8 Å². The summed E-state index contributed by atoms with van der Waals surface area (Å²) in [7, 11) is 0. The molecule has 0 fully saturated rings. The maximum atomic E-state index is 12.4. The monoisotopic (exact) mass is 417 g/mol. The minimum Gasteiger partial charge on any atom is -0.464 e. The molecular formula is C22H27NO7. The van der Waals surface area contributed by atoms with Gasteiger partial charge in [0.25, 0.3) is 0 Å². The molecule has 0 saturated heterocycles. The Labute approximate surface area is 173 Å². The fourth-order valence-corrected chi connectivity index (χ4v) is 3.89. The number of hydrogen-bond donors (Lipinski definition) is 2. The second-order valence-corrected chi connectivity index (χ2v) is 7.35. The standard InChI is InChI=1S/C22H27NO7/c1-13-10-18(27)30-22-15(3)21-20(14(2)19(13)22)16(12-29-21)11-17(26)28-9-6-23(4-7-24)5-8-25/h10,12,24-25H,4-9,11H2,1-3H3. The number of furan rings is 1. The number of rotatable bonds is 9. The van der Waals surface area contributed by atoms with Gasteiger partial charge in [0, 0.05) is 47.6 Å². The smallest absolute Gasteiger partial charge is 0.336 e. The van der Waals surface area contributed by atoms with Crippen LogP contribution >= 0.6 is 0 Å². The van der Waals surface area contributed by atoms with Gasteiger partial charge in [-0.05, 0) is 31.9 Å². The number of ether oxygens (including phenoxy) is 1. The SMILES string of the molecule is Cc1c2oc(=O)cc(C)c2c(C)c2c(CC(=O)OCCN(CCO)CCO)coc12. The molecule has 0 amide bonds. The maximum absolute atomic E-state index is 12.4. The first-order valence-electron chi connectivity index (χ1n) is 9.90. The van der Waals surface area contributed by atoms with Crippen LogP contribution in [0.2, 0.25) is 0 Å². The first kappa shape index (κ1) is 22.0. The Bertz CT molecular complexity index is 1110. The van der Waals surface area contributed by atoms with Gasteiger partial charge in [-0.15, -0.1) is 0 Å². The second kappa shape index (κ2) is 9.42. The van der Waals surface area contributed by atoms with E-state index in [1.165, 1.54) is 6.07 Å². The first-order chi connectivity index (χ1) is 14.4. The Kier molecular flexibility index (Phi) is 6.91. The van der Waals surface area contributed by atoms with Crippen LogP contribution in [-0.4, -0.2) is 60.5 Å². The van der Waals surface area contributed by atoms with Crippen LogP contribution in [0, 0.1) is 20.8 Å². The predicted octanol–water partition coefficient (Wildman–Crippen LogP) is 1.84. The number of benzene rings is 1. The average molecular weight is 417 g/mol. The lowest BCUT2D eigenvalue weighted by molar-refractivity contribution is -0.143. The Balaban J connectivity index is 1.82. The van der Waals surface area contributed by atoms with Crippen LogP contribution in [0.5, 0.6) is 0 Å². The first-order valence-corrected chi connectivity index (χ1v) is 9.90. The molecule has 2 aromatic heterocycles. The molecule has 3 rings (SSSR count). The molecule has 0 bridgehead atoms. The van der Waals surface area contributed by atoms with Crippen molar-refractivity contribution < 1.29 is 28.6 Å². The fraction of sp³-hybridized carbons (Fsp3) is 0.455. The summed E-state index contributed by atoms with van der Waals surface area (Å²) in [6.45, 7) is 6.97. The molecule has 0 aliphatic rings. The highest BCUT2D eigenvalue weighted by Gasteiger charge is 2.20. The van der Waals surface area contributed by atoms with E-state index in [4.69, 9.17) is 23.8 Å². The number of aliphatic hydroxyl groups excluding tert-OH is 2. The van der Waals surface area contributed by atoms with Crippen LogP contribution in [0.4, 0.5) is 0 Å². The van der Waals surface area contributed by atoms with Crippen molar-refractivity contribution in [2.24, 2.45) is 0 Å². The van der Waals surface area contributed by atoms with Crippen molar-refractivity contribution in [3.05, 3.63) is 45.0 Å². The summed E-state index contributed by atoms with van der Waals surface area (Å²) in [4.78, 5) is 26.0. The van der Waals surface area contributed by atoms with Crippen molar-refractivity contribution in [3.8, 4) is 0 Å². The average Bonchev–Trinajstić information content (AvgIpc) is 3.10. The van der Waals surface area contributed by atoms with E-state index in [0.717, 1.165) is 27.5 Å². The molecular weight excluding hydrogens is 390 g/mol. The van der Waals surface area contributed by atoms with Crippen LogP contribution in [0.15, 0.2) is 26.0 Å². The summed E-state index contributed by atoms with van der Waals surface area (Å²) >= 11 is 0. The van der Waals surface area contributed by atoms with E-state index >= 15 is 0 Å². The fourth-order valence-electron chi connectivity index (χ4n) is 3.89. The molecule has 0 radical (unpaired) electrons. The van der Waals surface area contributed by atoms with Gasteiger partial charge in [0.1, 0.15) is 17.8 Å². The molecule has 0 atom stereocenters. The summed E-state index contributed by atoms with van der Waals surface area (Å²) in [5.74, 6) is -0.390. The Hall–Kier alpha value is -2.68. The highest BCUT2D eigenvalue weighted by molar-refractivity contribution is 6.04. The zero-order chi connectivity index (χ0) is 21.8. The normalized spacial score (nSPS) is 11.7. The maximum Gasteiger partial charge on any atom is 0.336 e. The highest BCUT2D eigenvalue weighted by Crippen LogP contribution is 2.36. The minimum absolute atomic E-state index is 0.0267. The molecule has 0 unspecified atom stereocenters. The molecule has 2 N–H and O–H groups in total. The Morgan fingerprint density at radius 3 is 2.40 bits per heavy atom. The third kappa shape index (κ3) is 4.40. The molecule has 2 heterocycles. The number of carbonyl (C=O) groups excluding carboxylic acids is 1. The lowest BCUT2D eigenvalue weighted by atomic mass is 9.96. The Morgan fingerprint density at radius 2 is 1.73 bits per heavy atom. The van der Waals surface area contributed by atoms with E-state index < -0.39 is 5.63 Å². The summed E-state index contributed by atoms with van der Waals surface area (Å²) in [6, 6.07) is 1.46. The van der Waals surface area contributed by atoms with E-state index in [1.807, 2.05) is 25.7 Å². The van der Waals surface area contributed by atoms with E-state index in [1.54, 1.807) is 6.26 Å². The van der Waals surface area contributed by atoms with Gasteiger partial charge in [0.15, 0.2) is 0 Å². The summed E-state index contributed by atoms with van der Waals surface area (Å²) in [5.41, 5.74) is 3.82. The molecule has 0 saturated carbocycles. The third-order valence-electron chi connectivity index (χ3n) is 5.29. The molecule has 0 aliphatic heterocycles. The summed E-state index contributed by atoms with van der Waals surface area (Å²) in [6.07, 6.45) is 1.59. The van der Waals surface area contributed by atoms with Gasteiger partial charge in [-0.2, -0.15) is 0 Å². The summed E-state index contributed by atoms with van der Waals surface area (Å²) < 4.78 is 16.5. The van der Waals surface area contributed by atoms with Crippen molar-refractivity contribution >= 4 is 27.9 Å². The van der Waals surface area contributed by atoms with Crippen molar-refractivity contribution in [2.45, 2.75) is 27.2 Å². The van der Waals surface area contributed by atoms with Crippen LogP contribution < -0.4 is 5.63 Å². The predicted molar refractivity (Wildman–Crippen MR) is 112 cm³/mol. The Morgan fingerprint density at radius 1 is 1.03 bits per heavy atom. The molecule has 162 valence electrons. The quantitative estimate of drug-likeness (QED) is 0.401. The third-order valence-corrected chi connectivity index (χ3v) is 5.29. The minimum atomic E-state index is -0.409. The number of nitrogens with zero attached hydrogens (tertiary/aromatic N) is 1. The lowest BCUT2D eigenvalue weighted by Crippen LogP contribution is -2.33. The van der Waals surface area contributed by atoms with Gasteiger partial charge in [-0.3, -0.25) is 9.69 Å². The molecule has 8 heteroatoms. The topological polar surface area (TPSA) is 113 Å². The van der Waals surface area contributed by atoms with Crippen LogP contribution in [0.3, 0.4) is 0 Å². The van der Waals surface area contributed by atoms with E-state index in [0.29, 0.717) is 36.4 Å². The van der Waals surface area contributed by atoms with Crippen LogP contribution in [0.25, 0.3) is 21.9 Å². The molecule has 1 aromatic carbocycles. The van der Waals surface area contributed by atoms with E-state index in [9.17, 15) is 9.59 Å². The number of aryl methyl sites for hydroxylation is 3. The zero-order valence-corrected chi connectivity index (χ0v) is 17.5. The van der Waals surface area contributed by atoms with Crippen LogP contribution in [-0.2, 0) is 16.0 Å². The van der Waals surface area contributed by atoms with Crippen molar-refractivity contribution in [2.75, 3.05) is 39.5 Å². The van der Waals surface area contributed by atoms with E-state index in [-0.39, 0.29) is 32.2 Å². The van der Waals surface area contributed by atoms with Gasteiger partial charge in [0.2, 0.25) is 0 Å². The van der Waals surface area contributed by atoms with Gasteiger partial charge in [0.05, 0.1) is 25.9 Å². The van der Waals surface area contributed by atoms with E-state index in [2.05, 4.69) is 0 Å². The number of hydrogen-bond acceptors (Lipinski definition) is 8. The number of esters is 1. The lowest BCUT2D eigenvalue weighted by Gasteiger charge is -2.19.